The smallest absolute Gasteiger partial charge is 0.349 e. The molecular weight excluding hydrogens is 535 g/mol. The lowest BCUT2D eigenvalue weighted by Gasteiger charge is -2.42. The Morgan fingerprint density at radius 3 is 2.23 bits per heavy atom. The molecule has 7 nitrogen and oxygen atoms in total. The van der Waals surface area contributed by atoms with E-state index in [0.29, 0.717) is 42.2 Å². The summed E-state index contributed by atoms with van der Waals surface area (Å²) >= 11 is 0. The molecule has 0 radical (unpaired) electrons. The average molecular weight is 562 g/mol. The monoisotopic (exact) mass is 561 g/mol. The van der Waals surface area contributed by atoms with Crippen LogP contribution in [0.5, 0.6) is 0 Å². The summed E-state index contributed by atoms with van der Waals surface area (Å²) < 4.78 is 106. The highest BCUT2D eigenvalue weighted by molar-refractivity contribution is 5.35. The van der Waals surface area contributed by atoms with Crippen LogP contribution < -0.4 is 5.32 Å². The molecular formula is C25H26F7N5O2. The topological polar surface area (TPSA) is 75.3 Å². The van der Waals surface area contributed by atoms with Crippen LogP contribution in [0.2, 0.25) is 0 Å². The fourth-order valence-electron chi connectivity index (χ4n) is 4.40. The summed E-state index contributed by atoms with van der Waals surface area (Å²) in [6, 6.07) is 6.17. The summed E-state index contributed by atoms with van der Waals surface area (Å²) in [6.07, 6.45) is -12.3. The standard InChI is InChI=1S/C25H26F7N5O2/c1-14(16-9-17(24(27,28)29)11-18(10-16)25(30,31)32)39-23-22(15-3-5-19(26)6-4-15)37(7-8-38-23)13-21-20(12-33-2)34-36-35-21/h3-6,9-11,14,22-23,33H,7-8,12-13H2,1-2H3,(H,34,35,36)/t14-,22+,23-/m1/s1. The third kappa shape index (κ3) is 6.93. The number of alkyl halides is 6. The first-order valence-electron chi connectivity index (χ1n) is 12.0. The lowest BCUT2D eigenvalue weighted by Crippen LogP contribution is -2.46. The predicted octanol–water partition coefficient (Wildman–Crippen LogP) is 5.38. The van der Waals surface area contributed by atoms with Crippen molar-refractivity contribution in [3.63, 3.8) is 0 Å². The average Bonchev–Trinajstić information content (AvgIpc) is 3.30. The molecule has 0 amide bonds. The van der Waals surface area contributed by atoms with Crippen LogP contribution in [0, 0.1) is 5.82 Å². The Balaban J connectivity index is 1.66. The predicted molar refractivity (Wildman–Crippen MR) is 124 cm³/mol. The number of H-pyrrole nitrogens is 1. The van der Waals surface area contributed by atoms with Crippen LogP contribution in [-0.2, 0) is 34.9 Å². The van der Waals surface area contributed by atoms with Crippen LogP contribution in [0.25, 0.3) is 0 Å². The molecule has 0 saturated carbocycles. The summed E-state index contributed by atoms with van der Waals surface area (Å²) in [4.78, 5) is 1.93. The number of halogens is 7. The van der Waals surface area contributed by atoms with Gasteiger partial charge in [-0.15, -0.1) is 0 Å². The molecule has 1 saturated heterocycles. The van der Waals surface area contributed by atoms with Gasteiger partial charge in [0.15, 0.2) is 6.29 Å². The molecule has 1 aliphatic rings. The molecule has 1 fully saturated rings. The van der Waals surface area contributed by atoms with Gasteiger partial charge in [0.1, 0.15) is 17.2 Å². The molecule has 1 aromatic heterocycles. The maximum Gasteiger partial charge on any atom is 0.416 e. The summed E-state index contributed by atoms with van der Waals surface area (Å²) in [6.45, 7) is 2.61. The van der Waals surface area contributed by atoms with E-state index >= 15 is 0 Å². The number of morpholine rings is 1. The molecule has 0 spiro atoms. The van der Waals surface area contributed by atoms with Crippen molar-refractivity contribution in [3.05, 3.63) is 81.9 Å². The highest BCUT2D eigenvalue weighted by Gasteiger charge is 2.39. The van der Waals surface area contributed by atoms with Crippen LogP contribution in [0.1, 0.15) is 52.7 Å². The second kappa shape index (κ2) is 11.6. The van der Waals surface area contributed by atoms with Gasteiger partial charge in [0.25, 0.3) is 0 Å². The fourth-order valence-corrected chi connectivity index (χ4v) is 4.40. The van der Waals surface area contributed by atoms with Crippen molar-refractivity contribution in [3.8, 4) is 0 Å². The first kappa shape index (κ1) is 28.9. The Bertz CT molecular complexity index is 1210. The van der Waals surface area contributed by atoms with Crippen molar-refractivity contribution in [2.24, 2.45) is 0 Å². The highest BCUT2D eigenvalue weighted by atomic mass is 19.4. The first-order valence-corrected chi connectivity index (χ1v) is 12.0. The quantitative estimate of drug-likeness (QED) is 0.360. The molecule has 1 aliphatic heterocycles. The van der Waals surface area contributed by atoms with Crippen LogP contribution in [0.3, 0.4) is 0 Å². The van der Waals surface area contributed by atoms with Gasteiger partial charge in [0, 0.05) is 19.6 Å². The molecule has 0 aliphatic carbocycles. The third-order valence-corrected chi connectivity index (χ3v) is 6.34. The lowest BCUT2D eigenvalue weighted by atomic mass is 10.0. The van der Waals surface area contributed by atoms with E-state index in [2.05, 4.69) is 20.7 Å². The van der Waals surface area contributed by atoms with Crippen molar-refractivity contribution in [2.45, 2.75) is 50.8 Å². The number of hydrogen-bond donors (Lipinski definition) is 2. The second-order valence-corrected chi connectivity index (χ2v) is 9.07. The molecule has 0 unspecified atom stereocenters. The van der Waals surface area contributed by atoms with E-state index in [1.54, 1.807) is 7.05 Å². The van der Waals surface area contributed by atoms with Crippen LogP contribution in [0.4, 0.5) is 30.7 Å². The van der Waals surface area contributed by atoms with Crippen LogP contribution in [-0.4, -0.2) is 46.8 Å². The Morgan fingerprint density at radius 2 is 1.64 bits per heavy atom. The Labute approximate surface area is 219 Å². The maximum absolute atomic E-state index is 13.7. The van der Waals surface area contributed by atoms with Gasteiger partial charge in [-0.2, -0.15) is 41.8 Å². The van der Waals surface area contributed by atoms with Gasteiger partial charge in [-0.3, -0.25) is 4.90 Å². The Kier molecular flexibility index (Phi) is 8.59. The number of nitrogens with zero attached hydrogens (tertiary/aromatic N) is 3. The van der Waals surface area contributed by atoms with Crippen molar-refractivity contribution in [2.75, 3.05) is 20.2 Å². The third-order valence-electron chi connectivity index (χ3n) is 6.34. The molecule has 3 aromatic rings. The van der Waals surface area contributed by atoms with E-state index in [4.69, 9.17) is 9.47 Å². The summed E-state index contributed by atoms with van der Waals surface area (Å²) in [5.74, 6) is -0.482. The minimum absolute atomic E-state index is 0.0665. The summed E-state index contributed by atoms with van der Waals surface area (Å²) in [5.41, 5.74) is -1.33. The van der Waals surface area contributed by atoms with E-state index in [-0.39, 0.29) is 24.8 Å². The van der Waals surface area contributed by atoms with E-state index in [0.717, 1.165) is 0 Å². The van der Waals surface area contributed by atoms with E-state index in [1.807, 2.05) is 4.90 Å². The normalized spacial score (nSPS) is 19.8. The number of nitrogens with one attached hydrogen (secondary N) is 2. The van der Waals surface area contributed by atoms with Crippen molar-refractivity contribution < 1.29 is 40.2 Å². The number of benzene rings is 2. The van der Waals surface area contributed by atoms with Crippen molar-refractivity contribution in [1.29, 1.82) is 0 Å². The molecule has 39 heavy (non-hydrogen) atoms. The maximum atomic E-state index is 13.7. The summed E-state index contributed by atoms with van der Waals surface area (Å²) in [7, 11) is 1.75. The number of ether oxygens (including phenoxy) is 2. The fraction of sp³-hybridized carbons (Fsp3) is 0.440. The molecule has 212 valence electrons. The van der Waals surface area contributed by atoms with E-state index in [1.165, 1.54) is 31.2 Å². The van der Waals surface area contributed by atoms with Crippen molar-refractivity contribution >= 4 is 0 Å². The van der Waals surface area contributed by atoms with Gasteiger partial charge < -0.3 is 14.8 Å². The number of aromatic amines is 1. The molecule has 0 bridgehead atoms. The van der Waals surface area contributed by atoms with Gasteiger partial charge in [-0.1, -0.05) is 12.1 Å². The summed E-state index contributed by atoms with van der Waals surface area (Å²) in [5, 5.41) is 13.9. The molecule has 3 atom stereocenters. The minimum Gasteiger partial charge on any atom is -0.349 e. The lowest BCUT2D eigenvalue weighted by molar-refractivity contribution is -0.231. The zero-order valence-electron chi connectivity index (χ0n) is 20.9. The number of aromatic nitrogens is 3. The zero-order chi connectivity index (χ0) is 28.4. The molecule has 2 heterocycles. The molecule has 2 N–H and O–H groups in total. The molecule has 2 aromatic carbocycles. The van der Waals surface area contributed by atoms with E-state index < -0.39 is 47.7 Å². The Hall–Kier alpha value is -3.07. The number of rotatable bonds is 8. The second-order valence-electron chi connectivity index (χ2n) is 9.07. The first-order chi connectivity index (χ1) is 18.4. The highest BCUT2D eigenvalue weighted by Crippen LogP contribution is 2.40. The Morgan fingerprint density at radius 1 is 1.03 bits per heavy atom. The largest absolute Gasteiger partial charge is 0.416 e. The molecule has 4 rings (SSSR count). The van der Waals surface area contributed by atoms with Gasteiger partial charge >= 0.3 is 12.4 Å². The van der Waals surface area contributed by atoms with Crippen molar-refractivity contribution in [1.82, 2.24) is 25.6 Å². The van der Waals surface area contributed by atoms with Gasteiger partial charge in [0.2, 0.25) is 0 Å². The van der Waals surface area contributed by atoms with Gasteiger partial charge in [-0.05, 0) is 55.4 Å². The zero-order valence-corrected chi connectivity index (χ0v) is 20.9. The van der Waals surface area contributed by atoms with Crippen LogP contribution >= 0.6 is 0 Å². The number of hydrogen-bond acceptors (Lipinski definition) is 6. The van der Waals surface area contributed by atoms with E-state index in [9.17, 15) is 30.7 Å². The molecule has 14 heteroatoms. The van der Waals surface area contributed by atoms with Gasteiger partial charge in [0.05, 0.1) is 29.9 Å². The van der Waals surface area contributed by atoms with Gasteiger partial charge in [-0.25, -0.2) is 4.39 Å². The SMILES string of the molecule is CNCc1n[nH]nc1CN1CCO[C@H](O[C@H](C)c2cc(C(F)(F)F)cc(C(F)(F)F)c2)[C@@H]1c1ccc(F)cc1. The van der Waals surface area contributed by atoms with Crippen LogP contribution in [0.15, 0.2) is 42.5 Å². The minimum atomic E-state index is -4.99.